The van der Waals surface area contributed by atoms with Crippen molar-refractivity contribution in [1.82, 2.24) is 0 Å². The fraction of sp³-hybridized carbons (Fsp3) is 0.133. The number of alkyl halides is 3. The summed E-state index contributed by atoms with van der Waals surface area (Å²) >= 11 is 0. The molecule has 0 amide bonds. The number of rotatable bonds is 1. The molecule has 0 saturated heterocycles. The Morgan fingerprint density at radius 2 is 1.91 bits per heavy atom. The lowest BCUT2D eigenvalue weighted by atomic mass is 9.97. The quantitative estimate of drug-likeness (QED) is 0.848. The molecular formula is C15H9F3O4. The molecule has 0 radical (unpaired) electrons. The highest BCUT2D eigenvalue weighted by Gasteiger charge is 2.49. The average Bonchev–Trinajstić information content (AvgIpc) is 2.45. The number of aliphatic carboxylic acids is 1. The third kappa shape index (κ3) is 2.14. The lowest BCUT2D eigenvalue weighted by Crippen LogP contribution is -2.40. The fourth-order valence-electron chi connectivity index (χ4n) is 2.40. The van der Waals surface area contributed by atoms with Crippen molar-refractivity contribution in [2.75, 3.05) is 0 Å². The Morgan fingerprint density at radius 3 is 2.55 bits per heavy atom. The average molecular weight is 310 g/mol. The van der Waals surface area contributed by atoms with E-state index in [4.69, 9.17) is 9.84 Å². The van der Waals surface area contributed by atoms with Gasteiger partial charge in [-0.25, -0.2) is 4.79 Å². The van der Waals surface area contributed by atoms with E-state index in [1.165, 1.54) is 12.1 Å². The Hall–Kier alpha value is -2.70. The SMILES string of the molecule is O=C(O)C1=Cc2cc3ccccc3c(O)c2OC1C(F)(F)F. The third-order valence-corrected chi connectivity index (χ3v) is 3.38. The van der Waals surface area contributed by atoms with E-state index in [1.54, 1.807) is 18.2 Å². The van der Waals surface area contributed by atoms with E-state index in [-0.39, 0.29) is 11.3 Å². The Balaban J connectivity index is 2.27. The number of ether oxygens (including phenoxy) is 1. The molecular weight excluding hydrogens is 301 g/mol. The molecule has 3 rings (SSSR count). The Kier molecular flexibility index (Phi) is 3.01. The summed E-state index contributed by atoms with van der Waals surface area (Å²) < 4.78 is 43.7. The van der Waals surface area contributed by atoms with Crippen LogP contribution in [0.25, 0.3) is 16.8 Å². The van der Waals surface area contributed by atoms with Crippen LogP contribution in [-0.2, 0) is 4.79 Å². The molecule has 114 valence electrons. The molecule has 1 unspecified atom stereocenters. The van der Waals surface area contributed by atoms with Crippen LogP contribution in [-0.4, -0.2) is 28.5 Å². The van der Waals surface area contributed by atoms with Gasteiger partial charge in [-0.1, -0.05) is 24.3 Å². The highest BCUT2D eigenvalue weighted by atomic mass is 19.4. The van der Waals surface area contributed by atoms with Crippen LogP contribution in [0.5, 0.6) is 11.5 Å². The molecule has 4 nitrogen and oxygen atoms in total. The molecule has 22 heavy (non-hydrogen) atoms. The number of aromatic hydroxyl groups is 1. The molecule has 0 aliphatic carbocycles. The molecule has 0 aromatic heterocycles. The zero-order chi connectivity index (χ0) is 16.1. The van der Waals surface area contributed by atoms with E-state index < -0.39 is 29.6 Å². The van der Waals surface area contributed by atoms with Gasteiger partial charge in [0.05, 0.1) is 5.57 Å². The number of carboxylic acid groups (broad SMARTS) is 1. The van der Waals surface area contributed by atoms with Gasteiger partial charge in [-0.2, -0.15) is 13.2 Å². The molecule has 0 fully saturated rings. The van der Waals surface area contributed by atoms with E-state index in [2.05, 4.69) is 0 Å². The first-order valence-electron chi connectivity index (χ1n) is 6.22. The van der Waals surface area contributed by atoms with Crippen LogP contribution < -0.4 is 4.74 Å². The number of hydrogen-bond acceptors (Lipinski definition) is 3. The second-order valence-electron chi connectivity index (χ2n) is 4.81. The first kappa shape index (κ1) is 14.2. The van der Waals surface area contributed by atoms with E-state index in [0.717, 1.165) is 6.08 Å². The molecule has 2 aromatic carbocycles. The van der Waals surface area contributed by atoms with E-state index >= 15 is 0 Å². The fourth-order valence-corrected chi connectivity index (χ4v) is 2.40. The van der Waals surface area contributed by atoms with Gasteiger partial charge < -0.3 is 14.9 Å². The molecule has 1 atom stereocenters. The first-order valence-corrected chi connectivity index (χ1v) is 6.22. The normalized spacial score (nSPS) is 17.6. The number of halogens is 3. The highest BCUT2D eigenvalue weighted by molar-refractivity contribution is 5.99. The first-order chi connectivity index (χ1) is 10.3. The zero-order valence-electron chi connectivity index (χ0n) is 10.9. The topological polar surface area (TPSA) is 66.8 Å². The maximum Gasteiger partial charge on any atom is 0.430 e. The van der Waals surface area contributed by atoms with Crippen molar-refractivity contribution in [3.63, 3.8) is 0 Å². The minimum atomic E-state index is -4.90. The number of fused-ring (bicyclic) bond motifs is 2. The summed E-state index contributed by atoms with van der Waals surface area (Å²) in [6, 6.07) is 7.97. The van der Waals surface area contributed by atoms with Crippen LogP contribution in [0.15, 0.2) is 35.9 Å². The Labute approximate surface area is 122 Å². The molecule has 2 N–H and O–H groups in total. The van der Waals surface area contributed by atoms with Crippen molar-refractivity contribution < 1.29 is 32.9 Å². The van der Waals surface area contributed by atoms with Gasteiger partial charge >= 0.3 is 12.1 Å². The summed E-state index contributed by atoms with van der Waals surface area (Å²) in [7, 11) is 0. The number of benzene rings is 2. The van der Waals surface area contributed by atoms with Crippen LogP contribution in [0.4, 0.5) is 13.2 Å². The van der Waals surface area contributed by atoms with Crippen molar-refractivity contribution in [1.29, 1.82) is 0 Å². The predicted molar refractivity (Wildman–Crippen MR) is 71.7 cm³/mol. The highest BCUT2D eigenvalue weighted by Crippen LogP contribution is 2.45. The van der Waals surface area contributed by atoms with Crippen molar-refractivity contribution >= 4 is 22.8 Å². The maximum absolute atomic E-state index is 13.0. The van der Waals surface area contributed by atoms with E-state index in [0.29, 0.717) is 10.8 Å². The molecule has 0 saturated carbocycles. The summed E-state index contributed by atoms with van der Waals surface area (Å²) in [6.45, 7) is 0. The summed E-state index contributed by atoms with van der Waals surface area (Å²) in [5, 5.41) is 20.0. The Morgan fingerprint density at radius 1 is 1.23 bits per heavy atom. The van der Waals surface area contributed by atoms with E-state index in [1.807, 2.05) is 0 Å². The second kappa shape index (κ2) is 4.66. The van der Waals surface area contributed by atoms with Gasteiger partial charge in [0.2, 0.25) is 6.10 Å². The van der Waals surface area contributed by atoms with E-state index in [9.17, 15) is 23.1 Å². The van der Waals surface area contributed by atoms with Crippen molar-refractivity contribution in [2.24, 2.45) is 0 Å². The van der Waals surface area contributed by atoms with Crippen LogP contribution in [0.3, 0.4) is 0 Å². The minimum absolute atomic E-state index is 0.0918. The molecule has 7 heteroatoms. The van der Waals surface area contributed by atoms with Gasteiger partial charge in [-0.15, -0.1) is 0 Å². The van der Waals surface area contributed by atoms with Crippen LogP contribution in [0, 0.1) is 0 Å². The van der Waals surface area contributed by atoms with Crippen LogP contribution in [0.1, 0.15) is 5.56 Å². The van der Waals surface area contributed by atoms with Gasteiger partial charge in [-0.05, 0) is 17.5 Å². The van der Waals surface area contributed by atoms with Gasteiger partial charge in [0.1, 0.15) is 0 Å². The molecule has 0 bridgehead atoms. The van der Waals surface area contributed by atoms with Crippen molar-refractivity contribution in [3.05, 3.63) is 41.5 Å². The van der Waals surface area contributed by atoms with Gasteiger partial charge in [0.15, 0.2) is 11.5 Å². The van der Waals surface area contributed by atoms with Gasteiger partial charge in [0, 0.05) is 10.9 Å². The number of carboxylic acids is 1. The molecule has 2 aromatic rings. The van der Waals surface area contributed by atoms with Crippen molar-refractivity contribution in [3.8, 4) is 11.5 Å². The number of phenolic OH excluding ortho intramolecular Hbond substituents is 1. The minimum Gasteiger partial charge on any atom is -0.504 e. The second-order valence-corrected chi connectivity index (χ2v) is 4.81. The monoisotopic (exact) mass is 310 g/mol. The number of hydrogen-bond donors (Lipinski definition) is 2. The molecule has 1 aliphatic heterocycles. The predicted octanol–water partition coefficient (Wildman–Crippen LogP) is 3.34. The molecule has 1 heterocycles. The Bertz CT molecular complexity index is 808. The van der Waals surface area contributed by atoms with Gasteiger partial charge in [-0.3, -0.25) is 0 Å². The maximum atomic E-state index is 13.0. The van der Waals surface area contributed by atoms with Crippen LogP contribution >= 0.6 is 0 Å². The zero-order valence-corrected chi connectivity index (χ0v) is 10.9. The third-order valence-electron chi connectivity index (χ3n) is 3.38. The standard InChI is InChI=1S/C15H9F3O4/c16-15(17,18)13-10(14(20)21)6-8-5-7-3-1-2-4-9(7)11(19)12(8)22-13/h1-6,13,19H,(H,20,21). The molecule has 0 spiro atoms. The number of phenols is 1. The summed E-state index contributed by atoms with van der Waals surface area (Å²) in [5.74, 6) is -2.53. The summed E-state index contributed by atoms with van der Waals surface area (Å²) in [6.07, 6.45) is -6.64. The van der Waals surface area contributed by atoms with Gasteiger partial charge in [0.25, 0.3) is 0 Å². The molecule has 1 aliphatic rings. The number of carbonyl (C=O) groups is 1. The lowest BCUT2D eigenvalue weighted by Gasteiger charge is -2.27. The summed E-state index contributed by atoms with van der Waals surface area (Å²) in [5.41, 5.74) is -0.830. The largest absolute Gasteiger partial charge is 0.504 e. The van der Waals surface area contributed by atoms with Crippen LogP contribution in [0.2, 0.25) is 0 Å². The smallest absolute Gasteiger partial charge is 0.430 e. The lowest BCUT2D eigenvalue weighted by molar-refractivity contribution is -0.187. The van der Waals surface area contributed by atoms with Crippen molar-refractivity contribution in [2.45, 2.75) is 12.3 Å². The summed E-state index contributed by atoms with van der Waals surface area (Å²) in [4.78, 5) is 11.1.